The lowest BCUT2D eigenvalue weighted by molar-refractivity contribution is -0.147. The highest BCUT2D eigenvalue weighted by atomic mass is 16.4. The third kappa shape index (κ3) is 20.8. The molecule has 0 bridgehead atoms. The Morgan fingerprint density at radius 3 is 1.19 bits per heavy atom. The van der Waals surface area contributed by atoms with E-state index in [-0.39, 0.29) is 6.42 Å². The van der Waals surface area contributed by atoms with E-state index in [1.54, 1.807) is 6.92 Å². The molecule has 3 atom stereocenters. The van der Waals surface area contributed by atoms with E-state index in [4.69, 9.17) is 30.6 Å². The minimum absolute atomic E-state index is 0.273. The van der Waals surface area contributed by atoms with E-state index in [1.807, 2.05) is 6.92 Å². The van der Waals surface area contributed by atoms with Crippen molar-refractivity contribution in [2.45, 2.75) is 58.3 Å². The molecule has 0 spiro atoms. The summed E-state index contributed by atoms with van der Waals surface area (Å²) in [5.74, 6) is -3.47. The smallest absolute Gasteiger partial charge is 0.332 e. The van der Waals surface area contributed by atoms with E-state index in [9.17, 15) is 14.4 Å². The minimum Gasteiger partial charge on any atom is -0.479 e. The summed E-state index contributed by atoms with van der Waals surface area (Å²) >= 11 is 0. The quantitative estimate of drug-likeness (QED) is 0.379. The summed E-state index contributed by atoms with van der Waals surface area (Å²) in [6.07, 6.45) is -2.26. The molecule has 0 saturated heterocycles. The van der Waals surface area contributed by atoms with Crippen molar-refractivity contribution in [3.63, 3.8) is 0 Å². The predicted octanol–water partition coefficient (Wildman–Crippen LogP) is -0.474. The maximum atomic E-state index is 9.84. The van der Waals surface area contributed by atoms with Gasteiger partial charge in [0.05, 0.1) is 0 Å². The van der Waals surface area contributed by atoms with Gasteiger partial charge < -0.3 is 30.6 Å². The number of carbonyl (C=O) groups is 3. The molecule has 0 fully saturated rings. The second-order valence-electron chi connectivity index (χ2n) is 3.92. The molecule has 0 aromatic carbocycles. The highest BCUT2D eigenvalue weighted by Gasteiger charge is 2.09. The van der Waals surface area contributed by atoms with Crippen LogP contribution in [0.15, 0.2) is 0 Å². The van der Waals surface area contributed by atoms with Crippen LogP contribution in [0.4, 0.5) is 0 Å². The fourth-order valence-electron chi connectivity index (χ4n) is 0.572. The number of carboxylic acid groups (broad SMARTS) is 3. The van der Waals surface area contributed by atoms with Gasteiger partial charge in [-0.25, -0.2) is 14.4 Å². The van der Waals surface area contributed by atoms with Crippen LogP contribution in [-0.4, -0.2) is 66.9 Å². The summed E-state index contributed by atoms with van der Waals surface area (Å²) < 4.78 is 0. The van der Waals surface area contributed by atoms with Crippen LogP contribution in [0.1, 0.15) is 40.0 Å². The SMILES string of the molecule is CC(O)C(=O)O.CCC(O)C(=O)O.CCCC(O)C(=O)O. The van der Waals surface area contributed by atoms with Crippen molar-refractivity contribution in [3.8, 4) is 0 Å². The second kappa shape index (κ2) is 14.7. The van der Waals surface area contributed by atoms with Crippen molar-refractivity contribution in [1.29, 1.82) is 0 Å². The van der Waals surface area contributed by atoms with Gasteiger partial charge in [-0.05, 0) is 19.8 Å². The van der Waals surface area contributed by atoms with Gasteiger partial charge in [0, 0.05) is 0 Å². The number of carboxylic acids is 3. The standard InChI is InChI=1S/C5H10O3.C4H8O3.C3H6O3/c1-2-3-4(6)5(7)8;1-2-3(5)4(6)7;1-2(4)3(5)6/h4,6H,2-3H2,1H3,(H,7,8);3,5H,2H2,1H3,(H,6,7);2,4H,1H3,(H,5,6). The first-order chi connectivity index (χ1) is 9.50. The van der Waals surface area contributed by atoms with Gasteiger partial charge in [-0.3, -0.25) is 0 Å². The molecule has 0 aliphatic heterocycles. The monoisotopic (exact) mass is 312 g/mol. The Morgan fingerprint density at radius 1 is 0.810 bits per heavy atom. The number of hydrogen-bond donors (Lipinski definition) is 6. The van der Waals surface area contributed by atoms with E-state index in [2.05, 4.69) is 0 Å². The molecule has 0 amide bonds. The van der Waals surface area contributed by atoms with Gasteiger partial charge in [0.15, 0.2) is 12.2 Å². The summed E-state index contributed by atoms with van der Waals surface area (Å²) in [5, 5.41) is 48.6. The van der Waals surface area contributed by atoms with Crippen LogP contribution in [-0.2, 0) is 14.4 Å². The van der Waals surface area contributed by atoms with E-state index >= 15 is 0 Å². The normalized spacial score (nSPS) is 13.4. The van der Waals surface area contributed by atoms with Crippen LogP contribution in [0.5, 0.6) is 0 Å². The number of aliphatic hydroxyl groups excluding tert-OH is 3. The molecule has 0 aromatic heterocycles. The maximum absolute atomic E-state index is 9.84. The molecule has 0 radical (unpaired) electrons. The van der Waals surface area contributed by atoms with Crippen LogP contribution in [0, 0.1) is 0 Å². The lowest BCUT2D eigenvalue weighted by Gasteiger charge is -1.99. The van der Waals surface area contributed by atoms with Gasteiger partial charge in [0.1, 0.15) is 6.10 Å². The molecule has 21 heavy (non-hydrogen) atoms. The average Bonchev–Trinajstić information content (AvgIpc) is 2.39. The molecule has 3 unspecified atom stereocenters. The fraction of sp³-hybridized carbons (Fsp3) is 0.750. The molecular weight excluding hydrogens is 288 g/mol. The molecular formula is C12H24O9. The summed E-state index contributed by atoms with van der Waals surface area (Å²) in [5.41, 5.74) is 0. The minimum atomic E-state index is -1.23. The maximum Gasteiger partial charge on any atom is 0.332 e. The lowest BCUT2D eigenvalue weighted by Crippen LogP contribution is -2.18. The van der Waals surface area contributed by atoms with E-state index < -0.39 is 36.2 Å². The molecule has 0 heterocycles. The Morgan fingerprint density at radius 2 is 1.14 bits per heavy atom. The molecule has 9 nitrogen and oxygen atoms in total. The number of rotatable bonds is 6. The fourth-order valence-corrected chi connectivity index (χ4v) is 0.572. The van der Waals surface area contributed by atoms with Crippen LogP contribution in [0.3, 0.4) is 0 Å². The van der Waals surface area contributed by atoms with Crippen molar-refractivity contribution in [3.05, 3.63) is 0 Å². The highest BCUT2D eigenvalue weighted by Crippen LogP contribution is 1.94. The zero-order chi connectivity index (χ0) is 17.6. The van der Waals surface area contributed by atoms with Crippen molar-refractivity contribution in [2.75, 3.05) is 0 Å². The first kappa shape index (κ1) is 24.3. The second-order valence-corrected chi connectivity index (χ2v) is 3.92. The van der Waals surface area contributed by atoms with Gasteiger partial charge >= 0.3 is 17.9 Å². The molecule has 0 aromatic rings. The van der Waals surface area contributed by atoms with Gasteiger partial charge in [-0.15, -0.1) is 0 Å². The molecule has 9 heteroatoms. The number of hydrogen-bond acceptors (Lipinski definition) is 6. The Labute approximate surface area is 122 Å². The topological polar surface area (TPSA) is 173 Å². The van der Waals surface area contributed by atoms with E-state index in [1.165, 1.54) is 6.92 Å². The lowest BCUT2D eigenvalue weighted by atomic mass is 10.2. The predicted molar refractivity (Wildman–Crippen MR) is 71.8 cm³/mol. The van der Waals surface area contributed by atoms with Crippen molar-refractivity contribution < 1.29 is 45.0 Å². The third-order valence-corrected chi connectivity index (χ3v) is 1.88. The molecule has 0 rings (SSSR count). The summed E-state index contributed by atoms with van der Waals surface area (Å²) in [4.78, 5) is 29.0. The first-order valence-corrected chi connectivity index (χ1v) is 6.23. The summed E-state index contributed by atoms with van der Waals surface area (Å²) in [6.45, 7) is 4.63. The first-order valence-electron chi connectivity index (χ1n) is 6.23. The Bertz CT molecular complexity index is 301. The van der Waals surface area contributed by atoms with Crippen LogP contribution in [0.2, 0.25) is 0 Å². The molecule has 6 N–H and O–H groups in total. The number of aliphatic carboxylic acids is 3. The summed E-state index contributed by atoms with van der Waals surface area (Å²) in [6, 6.07) is 0. The number of aliphatic hydroxyl groups is 3. The zero-order valence-corrected chi connectivity index (χ0v) is 12.3. The molecule has 0 aliphatic carbocycles. The Kier molecular flexibility index (Phi) is 17.0. The van der Waals surface area contributed by atoms with Gasteiger partial charge in [0.25, 0.3) is 0 Å². The highest BCUT2D eigenvalue weighted by molar-refractivity contribution is 5.72. The van der Waals surface area contributed by atoms with Crippen LogP contribution in [0.25, 0.3) is 0 Å². The molecule has 126 valence electrons. The Hall–Kier alpha value is -1.71. The molecule has 0 aliphatic rings. The van der Waals surface area contributed by atoms with Gasteiger partial charge in [-0.1, -0.05) is 20.3 Å². The summed E-state index contributed by atoms with van der Waals surface area (Å²) in [7, 11) is 0. The largest absolute Gasteiger partial charge is 0.479 e. The molecule has 0 saturated carbocycles. The van der Waals surface area contributed by atoms with Crippen LogP contribution < -0.4 is 0 Å². The zero-order valence-electron chi connectivity index (χ0n) is 12.3. The van der Waals surface area contributed by atoms with E-state index in [0.29, 0.717) is 12.8 Å². The van der Waals surface area contributed by atoms with Crippen molar-refractivity contribution in [2.24, 2.45) is 0 Å². The van der Waals surface area contributed by atoms with Crippen molar-refractivity contribution >= 4 is 17.9 Å². The van der Waals surface area contributed by atoms with Crippen molar-refractivity contribution in [1.82, 2.24) is 0 Å². The van der Waals surface area contributed by atoms with Gasteiger partial charge in [-0.2, -0.15) is 0 Å². The van der Waals surface area contributed by atoms with E-state index in [0.717, 1.165) is 0 Å². The van der Waals surface area contributed by atoms with Gasteiger partial charge in [0.2, 0.25) is 0 Å². The average molecular weight is 312 g/mol. The van der Waals surface area contributed by atoms with Crippen LogP contribution >= 0.6 is 0 Å². The Balaban J connectivity index is -0.000000234. The third-order valence-electron chi connectivity index (χ3n) is 1.88.